The predicted molar refractivity (Wildman–Crippen MR) is 177 cm³/mol. The highest BCUT2D eigenvalue weighted by atomic mass is 16.4. The number of aliphatic carboxylic acids is 1. The number of amides is 3. The highest BCUT2D eigenvalue weighted by Crippen LogP contribution is 2.14. The van der Waals surface area contributed by atoms with Crippen LogP contribution < -0.4 is 16.0 Å². The molecule has 0 unspecified atom stereocenters. The summed E-state index contributed by atoms with van der Waals surface area (Å²) in [5, 5.41) is 37.2. The van der Waals surface area contributed by atoms with Gasteiger partial charge in [-0.2, -0.15) is 0 Å². The fraction of sp³-hybridized carbons (Fsp3) is 0.457. The zero-order valence-electron chi connectivity index (χ0n) is 26.9. The van der Waals surface area contributed by atoms with Gasteiger partial charge >= 0.3 is 5.97 Å². The normalized spacial score (nSPS) is 12.9. The second-order valence-electron chi connectivity index (χ2n) is 11.8. The molecule has 0 spiro atoms. The van der Waals surface area contributed by atoms with Crippen LogP contribution in [0.15, 0.2) is 61.1 Å². The molecule has 3 aromatic rings. The van der Waals surface area contributed by atoms with Crippen molar-refractivity contribution in [1.29, 1.82) is 0 Å². The molecule has 0 fully saturated rings. The van der Waals surface area contributed by atoms with Gasteiger partial charge in [-0.05, 0) is 41.8 Å². The largest absolute Gasteiger partial charge is 0.508 e. The molecule has 7 N–H and O–H groups in total. The van der Waals surface area contributed by atoms with Crippen molar-refractivity contribution in [2.24, 2.45) is 0 Å². The Balaban J connectivity index is 1.70. The highest BCUT2D eigenvalue weighted by molar-refractivity contribution is 5.93. The van der Waals surface area contributed by atoms with Gasteiger partial charge in [-0.25, -0.2) is 9.78 Å². The van der Waals surface area contributed by atoms with Crippen LogP contribution in [0.2, 0.25) is 0 Å². The second-order valence-corrected chi connectivity index (χ2v) is 11.8. The highest BCUT2D eigenvalue weighted by Gasteiger charge is 2.30. The maximum atomic E-state index is 13.7. The van der Waals surface area contributed by atoms with Crippen LogP contribution in [-0.2, 0) is 38.4 Å². The number of rotatable bonds is 21. The minimum absolute atomic E-state index is 0.0126. The van der Waals surface area contributed by atoms with Gasteiger partial charge in [-0.1, -0.05) is 76.1 Å². The first kappa shape index (κ1) is 36.6. The molecular formula is C35H47N5O7. The van der Waals surface area contributed by atoms with E-state index in [0.29, 0.717) is 23.2 Å². The molecule has 12 heteroatoms. The lowest BCUT2D eigenvalue weighted by Gasteiger charge is -2.24. The standard InChI is InChI=1S/C35H47N5O7/c1-2-3-4-5-6-7-8-9-10-32(43)38-29(19-24-11-15-27(41)16-12-24)33(44)39-30(21-26-22-36-23-37-26)34(45)40-31(35(46)47)20-25-13-17-28(42)18-14-25/h11-18,22-23,29-31,41-42H,2-10,19-21H2,1H3,(H,36,37)(H,38,43)(H,39,44)(H,40,45)(H,46,47)/t29-,30-,31-/m0/s1. The van der Waals surface area contributed by atoms with Crippen molar-refractivity contribution in [2.45, 2.75) is 102 Å². The molecule has 3 atom stereocenters. The lowest BCUT2D eigenvalue weighted by Crippen LogP contribution is -2.57. The van der Waals surface area contributed by atoms with Gasteiger partial charge in [-0.3, -0.25) is 14.4 Å². The van der Waals surface area contributed by atoms with E-state index in [4.69, 9.17) is 0 Å². The number of H-pyrrole nitrogens is 1. The topological polar surface area (TPSA) is 194 Å². The van der Waals surface area contributed by atoms with E-state index in [9.17, 15) is 34.5 Å². The molecule has 0 bridgehead atoms. The third-order valence-electron chi connectivity index (χ3n) is 7.89. The zero-order chi connectivity index (χ0) is 34.0. The van der Waals surface area contributed by atoms with E-state index in [1.54, 1.807) is 24.3 Å². The Morgan fingerprint density at radius 2 is 1.17 bits per heavy atom. The van der Waals surface area contributed by atoms with E-state index in [1.165, 1.54) is 62.5 Å². The molecule has 0 saturated heterocycles. The first-order valence-corrected chi connectivity index (χ1v) is 16.3. The number of aromatic amines is 1. The molecule has 12 nitrogen and oxygen atoms in total. The Morgan fingerprint density at radius 1 is 0.681 bits per heavy atom. The van der Waals surface area contributed by atoms with E-state index < -0.39 is 35.9 Å². The number of phenols is 2. The summed E-state index contributed by atoms with van der Waals surface area (Å²) in [7, 11) is 0. The third kappa shape index (κ3) is 13.6. The molecule has 47 heavy (non-hydrogen) atoms. The van der Waals surface area contributed by atoms with Crippen molar-refractivity contribution < 1.29 is 34.5 Å². The van der Waals surface area contributed by atoms with Gasteiger partial charge in [0.25, 0.3) is 0 Å². The van der Waals surface area contributed by atoms with Gasteiger partial charge in [0.2, 0.25) is 17.7 Å². The number of benzene rings is 2. The van der Waals surface area contributed by atoms with Crippen molar-refractivity contribution >= 4 is 23.7 Å². The van der Waals surface area contributed by atoms with Crippen LogP contribution in [0.3, 0.4) is 0 Å². The summed E-state index contributed by atoms with van der Waals surface area (Å²) in [6.45, 7) is 2.18. The number of carboxylic acid groups (broad SMARTS) is 1. The SMILES string of the molecule is CCCCCCCCCCC(=O)N[C@@H](Cc1ccc(O)cc1)C(=O)N[C@@H](Cc1cnc[nH]1)C(=O)N[C@@H](Cc1ccc(O)cc1)C(=O)O. The van der Waals surface area contributed by atoms with Crippen LogP contribution in [-0.4, -0.2) is 67.1 Å². The van der Waals surface area contributed by atoms with E-state index in [1.807, 2.05) is 0 Å². The van der Waals surface area contributed by atoms with E-state index in [2.05, 4.69) is 32.8 Å². The quantitative estimate of drug-likeness (QED) is 0.0844. The minimum atomic E-state index is -1.31. The van der Waals surface area contributed by atoms with Gasteiger partial charge in [0.1, 0.15) is 29.6 Å². The number of nitrogens with one attached hydrogen (secondary N) is 4. The first-order valence-electron chi connectivity index (χ1n) is 16.3. The molecule has 0 saturated carbocycles. The van der Waals surface area contributed by atoms with Crippen LogP contribution in [0.4, 0.5) is 0 Å². The number of aromatic nitrogens is 2. The number of carbonyl (C=O) groups is 4. The van der Waals surface area contributed by atoms with Crippen LogP contribution in [0, 0.1) is 0 Å². The number of phenolic OH excluding ortho intramolecular Hbond substituents is 2. The van der Waals surface area contributed by atoms with Crippen molar-refractivity contribution in [3.8, 4) is 11.5 Å². The summed E-state index contributed by atoms with van der Waals surface area (Å²) in [4.78, 5) is 59.1. The first-order chi connectivity index (χ1) is 22.6. The number of hydrogen-bond donors (Lipinski definition) is 7. The molecule has 3 rings (SSSR count). The van der Waals surface area contributed by atoms with Gasteiger partial charge in [0.15, 0.2) is 0 Å². The molecular weight excluding hydrogens is 602 g/mol. The smallest absolute Gasteiger partial charge is 0.326 e. The molecule has 3 amide bonds. The molecule has 0 aliphatic rings. The molecule has 0 radical (unpaired) electrons. The fourth-order valence-electron chi connectivity index (χ4n) is 5.20. The van der Waals surface area contributed by atoms with Crippen molar-refractivity contribution in [1.82, 2.24) is 25.9 Å². The van der Waals surface area contributed by atoms with Gasteiger partial charge in [0.05, 0.1) is 6.33 Å². The van der Waals surface area contributed by atoms with Gasteiger partial charge < -0.3 is 36.3 Å². The number of imidazole rings is 1. The van der Waals surface area contributed by atoms with Crippen LogP contribution >= 0.6 is 0 Å². The van der Waals surface area contributed by atoms with Crippen molar-refractivity contribution in [2.75, 3.05) is 0 Å². The number of nitrogens with zero attached hydrogens (tertiary/aromatic N) is 1. The number of carboxylic acids is 1. The summed E-state index contributed by atoms with van der Waals surface area (Å²) in [6.07, 6.45) is 11.8. The third-order valence-corrected chi connectivity index (χ3v) is 7.89. The Bertz CT molecular complexity index is 1390. The van der Waals surface area contributed by atoms with Gasteiger partial charge in [0, 0.05) is 37.6 Å². The van der Waals surface area contributed by atoms with Gasteiger partial charge in [-0.15, -0.1) is 0 Å². The number of unbranched alkanes of at least 4 members (excludes halogenated alkanes) is 7. The van der Waals surface area contributed by atoms with E-state index in [-0.39, 0.29) is 43.1 Å². The molecule has 0 aliphatic carbocycles. The lowest BCUT2D eigenvalue weighted by molar-refractivity contribution is -0.142. The molecule has 2 aromatic carbocycles. The summed E-state index contributed by atoms with van der Waals surface area (Å²) < 4.78 is 0. The fourth-order valence-corrected chi connectivity index (χ4v) is 5.20. The number of hydrogen-bond acceptors (Lipinski definition) is 7. The summed E-state index contributed by atoms with van der Waals surface area (Å²) >= 11 is 0. The summed E-state index contributed by atoms with van der Waals surface area (Å²) in [5.41, 5.74) is 1.80. The monoisotopic (exact) mass is 649 g/mol. The lowest BCUT2D eigenvalue weighted by atomic mass is 10.0. The zero-order valence-corrected chi connectivity index (χ0v) is 26.9. The Labute approximate surface area is 275 Å². The van der Waals surface area contributed by atoms with E-state index in [0.717, 1.165) is 19.3 Å². The average molecular weight is 650 g/mol. The molecule has 1 aromatic heterocycles. The predicted octanol–water partition coefficient (Wildman–Crippen LogP) is 3.92. The Kier molecular flexibility index (Phi) is 15.3. The Morgan fingerprint density at radius 3 is 1.68 bits per heavy atom. The van der Waals surface area contributed by atoms with Crippen LogP contribution in [0.1, 0.15) is 81.5 Å². The molecule has 254 valence electrons. The van der Waals surface area contributed by atoms with E-state index >= 15 is 0 Å². The number of aromatic hydroxyl groups is 2. The molecule has 0 aliphatic heterocycles. The van der Waals surface area contributed by atoms with Crippen LogP contribution in [0.5, 0.6) is 11.5 Å². The molecule has 1 heterocycles. The second kappa shape index (κ2) is 19.6. The summed E-state index contributed by atoms with van der Waals surface area (Å²) in [5.74, 6) is -2.81. The summed E-state index contributed by atoms with van der Waals surface area (Å²) in [6, 6.07) is 8.70. The minimum Gasteiger partial charge on any atom is -0.508 e. The average Bonchev–Trinajstić information content (AvgIpc) is 3.56. The number of carbonyl (C=O) groups excluding carboxylic acids is 3. The van der Waals surface area contributed by atoms with Crippen molar-refractivity contribution in [3.05, 3.63) is 77.9 Å². The maximum Gasteiger partial charge on any atom is 0.326 e. The van der Waals surface area contributed by atoms with Crippen molar-refractivity contribution in [3.63, 3.8) is 0 Å². The Hall–Kier alpha value is -4.87. The maximum absolute atomic E-state index is 13.7. The van der Waals surface area contributed by atoms with Crippen LogP contribution in [0.25, 0.3) is 0 Å².